The molecule has 0 N–H and O–H groups in total. The van der Waals surface area contributed by atoms with Crippen molar-refractivity contribution in [2.75, 3.05) is 6.54 Å². The summed E-state index contributed by atoms with van der Waals surface area (Å²) in [5.74, 6) is 0. The van der Waals surface area contributed by atoms with Gasteiger partial charge in [-0.25, -0.2) is 8.42 Å². The summed E-state index contributed by atoms with van der Waals surface area (Å²) in [6, 6.07) is 3.53. The number of rotatable bonds is 7. The molecule has 1 aromatic heterocycles. The van der Waals surface area contributed by atoms with Crippen molar-refractivity contribution in [1.82, 2.24) is 4.31 Å². The second kappa shape index (κ2) is 6.52. The molecule has 0 aliphatic heterocycles. The van der Waals surface area contributed by atoms with E-state index in [0.717, 1.165) is 19.3 Å². The smallest absolute Gasteiger partial charge is 0.206 e. The molecule has 0 spiro atoms. The Morgan fingerprint density at radius 1 is 1.41 bits per heavy atom. The van der Waals surface area contributed by atoms with Crippen LogP contribution in [0.15, 0.2) is 21.7 Å². The SMILES string of the molecule is CCCCN(C(C)CC)S(=O)(=O)c1cccs1. The summed E-state index contributed by atoms with van der Waals surface area (Å²) in [5, 5.41) is 1.81. The van der Waals surface area contributed by atoms with Crippen molar-refractivity contribution in [3.8, 4) is 0 Å². The van der Waals surface area contributed by atoms with Crippen molar-refractivity contribution in [3.05, 3.63) is 17.5 Å². The number of hydrogen-bond donors (Lipinski definition) is 0. The molecule has 0 bridgehead atoms. The first-order valence-electron chi connectivity index (χ1n) is 6.09. The van der Waals surface area contributed by atoms with Crippen LogP contribution in [0.3, 0.4) is 0 Å². The van der Waals surface area contributed by atoms with Gasteiger partial charge in [-0.3, -0.25) is 0 Å². The van der Waals surface area contributed by atoms with Gasteiger partial charge in [0.15, 0.2) is 0 Å². The number of unbranched alkanes of at least 4 members (excludes halogenated alkanes) is 1. The molecule has 3 nitrogen and oxygen atoms in total. The maximum absolute atomic E-state index is 12.4. The van der Waals surface area contributed by atoms with Crippen molar-refractivity contribution in [2.45, 2.75) is 50.3 Å². The van der Waals surface area contributed by atoms with Crippen LogP contribution in [0.2, 0.25) is 0 Å². The third-order valence-electron chi connectivity index (χ3n) is 2.87. The Hall–Kier alpha value is -0.390. The largest absolute Gasteiger partial charge is 0.252 e. The predicted molar refractivity (Wildman–Crippen MR) is 72.9 cm³/mol. The second-order valence-corrected chi connectivity index (χ2v) is 7.22. The molecular weight excluding hydrogens is 254 g/mol. The summed E-state index contributed by atoms with van der Waals surface area (Å²) in [6.45, 7) is 6.69. The summed E-state index contributed by atoms with van der Waals surface area (Å²) in [7, 11) is -3.29. The summed E-state index contributed by atoms with van der Waals surface area (Å²) in [5.41, 5.74) is 0. The van der Waals surface area contributed by atoms with Gasteiger partial charge in [0.25, 0.3) is 10.0 Å². The van der Waals surface area contributed by atoms with Crippen LogP contribution in [-0.2, 0) is 10.0 Å². The van der Waals surface area contributed by atoms with Gasteiger partial charge >= 0.3 is 0 Å². The molecule has 0 aliphatic carbocycles. The predicted octanol–water partition coefficient (Wildman–Crippen LogP) is 3.34. The average Bonchev–Trinajstić information content (AvgIpc) is 2.83. The summed E-state index contributed by atoms with van der Waals surface area (Å²) in [4.78, 5) is 0. The van der Waals surface area contributed by atoms with Gasteiger partial charge in [-0.05, 0) is 31.2 Å². The molecule has 0 aromatic carbocycles. The average molecular weight is 275 g/mol. The van der Waals surface area contributed by atoms with Gasteiger partial charge in [0.05, 0.1) is 0 Å². The topological polar surface area (TPSA) is 37.4 Å². The molecule has 17 heavy (non-hydrogen) atoms. The Morgan fingerprint density at radius 2 is 2.12 bits per heavy atom. The Bertz CT molecular complexity index is 412. The molecule has 98 valence electrons. The minimum atomic E-state index is -3.29. The van der Waals surface area contributed by atoms with E-state index in [-0.39, 0.29) is 6.04 Å². The minimum Gasteiger partial charge on any atom is -0.206 e. The van der Waals surface area contributed by atoms with E-state index in [1.165, 1.54) is 11.3 Å². The zero-order chi connectivity index (χ0) is 12.9. The highest BCUT2D eigenvalue weighted by Crippen LogP contribution is 2.24. The van der Waals surface area contributed by atoms with E-state index in [4.69, 9.17) is 0 Å². The Labute approximate surface area is 109 Å². The lowest BCUT2D eigenvalue weighted by atomic mass is 10.2. The molecule has 5 heteroatoms. The lowest BCUT2D eigenvalue weighted by molar-refractivity contribution is 0.325. The van der Waals surface area contributed by atoms with Gasteiger partial charge in [0.2, 0.25) is 0 Å². The van der Waals surface area contributed by atoms with Crippen LogP contribution in [0.1, 0.15) is 40.0 Å². The van der Waals surface area contributed by atoms with Crippen LogP contribution >= 0.6 is 11.3 Å². The highest BCUT2D eigenvalue weighted by Gasteiger charge is 2.28. The van der Waals surface area contributed by atoms with Crippen molar-refractivity contribution in [2.24, 2.45) is 0 Å². The fourth-order valence-corrected chi connectivity index (χ4v) is 4.48. The Morgan fingerprint density at radius 3 is 2.59 bits per heavy atom. The van der Waals surface area contributed by atoms with Crippen LogP contribution in [0.5, 0.6) is 0 Å². The van der Waals surface area contributed by atoms with E-state index in [9.17, 15) is 8.42 Å². The monoisotopic (exact) mass is 275 g/mol. The number of sulfonamides is 1. The van der Waals surface area contributed by atoms with E-state index in [2.05, 4.69) is 6.92 Å². The molecule has 1 atom stereocenters. The van der Waals surface area contributed by atoms with Crippen molar-refractivity contribution in [3.63, 3.8) is 0 Å². The molecule has 0 saturated carbocycles. The summed E-state index contributed by atoms with van der Waals surface area (Å²) in [6.07, 6.45) is 2.76. The fourth-order valence-electron chi connectivity index (χ4n) is 1.62. The van der Waals surface area contributed by atoms with Gasteiger partial charge in [0, 0.05) is 12.6 Å². The first-order chi connectivity index (χ1) is 8.04. The van der Waals surface area contributed by atoms with Crippen LogP contribution in [0.4, 0.5) is 0 Å². The van der Waals surface area contributed by atoms with Crippen molar-refractivity contribution < 1.29 is 8.42 Å². The van der Waals surface area contributed by atoms with E-state index >= 15 is 0 Å². The molecule has 0 radical (unpaired) electrons. The zero-order valence-electron chi connectivity index (χ0n) is 10.7. The normalized spacial score (nSPS) is 14.1. The minimum absolute atomic E-state index is 0.0636. The van der Waals surface area contributed by atoms with Crippen molar-refractivity contribution in [1.29, 1.82) is 0 Å². The van der Waals surface area contributed by atoms with E-state index < -0.39 is 10.0 Å². The molecular formula is C12H21NO2S2. The van der Waals surface area contributed by atoms with E-state index in [0.29, 0.717) is 10.8 Å². The summed E-state index contributed by atoms with van der Waals surface area (Å²) < 4.78 is 27.0. The van der Waals surface area contributed by atoms with E-state index in [1.54, 1.807) is 16.4 Å². The highest BCUT2D eigenvalue weighted by molar-refractivity contribution is 7.91. The van der Waals surface area contributed by atoms with Crippen LogP contribution in [0.25, 0.3) is 0 Å². The molecule has 1 unspecified atom stereocenters. The van der Waals surface area contributed by atoms with E-state index in [1.807, 2.05) is 19.2 Å². The lowest BCUT2D eigenvalue weighted by Crippen LogP contribution is -2.38. The van der Waals surface area contributed by atoms with Crippen LogP contribution in [-0.4, -0.2) is 25.3 Å². The first kappa shape index (κ1) is 14.7. The molecule has 0 fully saturated rings. The van der Waals surface area contributed by atoms with Gasteiger partial charge in [0.1, 0.15) is 4.21 Å². The van der Waals surface area contributed by atoms with Crippen LogP contribution < -0.4 is 0 Å². The second-order valence-electron chi connectivity index (χ2n) is 4.16. The molecule has 1 aromatic rings. The third-order valence-corrected chi connectivity index (χ3v) is 6.26. The quantitative estimate of drug-likeness (QED) is 0.765. The molecule has 1 rings (SSSR count). The Balaban J connectivity index is 2.96. The van der Waals surface area contributed by atoms with Gasteiger partial charge in [-0.1, -0.05) is 26.3 Å². The third kappa shape index (κ3) is 3.53. The number of thiophene rings is 1. The van der Waals surface area contributed by atoms with Gasteiger partial charge in [-0.15, -0.1) is 11.3 Å². The standard InChI is InChI=1S/C12H21NO2S2/c1-4-6-9-13(11(3)5-2)17(14,15)12-8-7-10-16-12/h7-8,10-11H,4-6,9H2,1-3H3. The Kier molecular flexibility index (Phi) is 5.62. The van der Waals surface area contributed by atoms with Gasteiger partial charge in [-0.2, -0.15) is 4.31 Å². The first-order valence-corrected chi connectivity index (χ1v) is 8.41. The molecule has 0 saturated heterocycles. The van der Waals surface area contributed by atoms with Crippen LogP contribution in [0, 0.1) is 0 Å². The molecule has 0 aliphatic rings. The zero-order valence-corrected chi connectivity index (χ0v) is 12.4. The van der Waals surface area contributed by atoms with Crippen molar-refractivity contribution >= 4 is 21.4 Å². The number of nitrogens with zero attached hydrogens (tertiary/aromatic N) is 1. The fraction of sp³-hybridized carbons (Fsp3) is 0.667. The summed E-state index contributed by atoms with van der Waals surface area (Å²) >= 11 is 1.29. The maximum atomic E-state index is 12.4. The highest BCUT2D eigenvalue weighted by atomic mass is 32.2. The lowest BCUT2D eigenvalue weighted by Gasteiger charge is -2.26. The molecule has 1 heterocycles. The maximum Gasteiger partial charge on any atom is 0.252 e. The molecule has 0 amide bonds. The number of hydrogen-bond acceptors (Lipinski definition) is 3. The van der Waals surface area contributed by atoms with Gasteiger partial charge < -0.3 is 0 Å².